The number of rotatable bonds is 8. The van der Waals surface area contributed by atoms with Crippen molar-refractivity contribution in [2.45, 2.75) is 22.9 Å². The summed E-state index contributed by atoms with van der Waals surface area (Å²) in [6.07, 6.45) is -14.0. The third kappa shape index (κ3) is 7.06. The van der Waals surface area contributed by atoms with E-state index < -0.39 is 50.2 Å². The van der Waals surface area contributed by atoms with Crippen LogP contribution in [0.5, 0.6) is 0 Å². The summed E-state index contributed by atoms with van der Waals surface area (Å²) in [5.74, 6) is 0. The van der Waals surface area contributed by atoms with E-state index in [0.29, 0.717) is 4.13 Å². The molecule has 0 aromatic heterocycles. The van der Waals surface area contributed by atoms with Gasteiger partial charge in [-0.1, -0.05) is 72.8 Å². The average Bonchev–Trinajstić information content (AvgIpc) is 2.98. The third-order valence-corrected chi connectivity index (χ3v) is 13.7. The molecule has 4 aromatic rings. The highest BCUT2D eigenvalue weighted by Crippen LogP contribution is 2.54. The molecule has 0 amide bonds. The largest absolute Gasteiger partial charge is 0.467 e. The number of hydrogen-bond acceptors (Lipinski definition) is 4. The zero-order valence-corrected chi connectivity index (χ0v) is 25.2. The van der Waals surface area contributed by atoms with Crippen molar-refractivity contribution < 1.29 is 60.7 Å². The van der Waals surface area contributed by atoms with Crippen molar-refractivity contribution in [3.8, 4) is 0 Å². The van der Waals surface area contributed by atoms with Crippen LogP contribution in [0.15, 0.2) is 121 Å². The summed E-state index contributed by atoms with van der Waals surface area (Å²) in [4.78, 5) is 0. The smallest absolute Gasteiger partial charge is 0.425 e. The van der Waals surface area contributed by atoms with Crippen LogP contribution in [0.4, 0.5) is 43.9 Å². The van der Waals surface area contributed by atoms with Crippen molar-refractivity contribution in [3.05, 3.63) is 125 Å². The van der Waals surface area contributed by atoms with E-state index in [2.05, 4.69) is 121 Å². The van der Waals surface area contributed by atoms with Gasteiger partial charge in [-0.25, -0.2) is 16.8 Å². The number of benzene rings is 4. The Labute approximate surface area is 257 Å². The Hall–Kier alpha value is -3.53. The van der Waals surface area contributed by atoms with E-state index in [4.69, 9.17) is 0 Å². The minimum atomic E-state index is -7.62. The van der Waals surface area contributed by atoms with Crippen molar-refractivity contribution >= 4 is 48.5 Å². The van der Waals surface area contributed by atoms with Crippen LogP contribution >= 0.6 is 7.26 Å². The third-order valence-electron chi connectivity index (χ3n) is 6.08. The lowest BCUT2D eigenvalue weighted by molar-refractivity contribution is -0.241. The van der Waals surface area contributed by atoms with Crippen LogP contribution in [0, 0.1) is 0 Å². The molecule has 0 saturated heterocycles. The van der Waals surface area contributed by atoms with Gasteiger partial charge in [0.25, 0.3) is 0 Å². The number of hydrogen-bond donors (Lipinski definition) is 0. The van der Waals surface area contributed by atoms with Crippen molar-refractivity contribution in [3.63, 3.8) is 0 Å². The van der Waals surface area contributed by atoms with Gasteiger partial charge in [0.2, 0.25) is 0 Å². The second-order valence-electron chi connectivity index (χ2n) is 9.07. The summed E-state index contributed by atoms with van der Waals surface area (Å²) in [7, 11) is -17.1. The molecule has 0 aliphatic rings. The van der Waals surface area contributed by atoms with Crippen molar-refractivity contribution in [2.75, 3.05) is 0 Å². The average molecular weight is 720 g/mol. The summed E-state index contributed by atoms with van der Waals surface area (Å²) < 4.78 is 161. The highest BCUT2D eigenvalue weighted by atomic mass is 32.3. The van der Waals surface area contributed by atoms with Crippen LogP contribution in [0.1, 0.15) is 0 Å². The first-order valence-corrected chi connectivity index (χ1v) is 17.0. The Morgan fingerprint density at radius 1 is 0.391 bits per heavy atom. The molecule has 4 rings (SSSR count). The number of halogens is 10. The Morgan fingerprint density at radius 3 is 0.761 bits per heavy atom. The summed E-state index contributed by atoms with van der Waals surface area (Å²) in [6, 6.07) is 43.8. The van der Waals surface area contributed by atoms with Crippen LogP contribution in [0.25, 0.3) is 4.13 Å². The molecule has 0 heterocycles. The summed E-state index contributed by atoms with van der Waals surface area (Å²) in [5, 5.41) is -8.43. The number of nitrogens with zero attached hydrogens (tertiary/aromatic N) is 1. The molecule has 46 heavy (non-hydrogen) atoms. The number of sulfonamides is 2. The van der Waals surface area contributed by atoms with Crippen LogP contribution in [-0.4, -0.2) is 39.7 Å². The molecular weight excluding hydrogens is 699 g/mol. The first-order valence-electron chi connectivity index (χ1n) is 12.4. The van der Waals surface area contributed by atoms with Crippen LogP contribution < -0.4 is 21.2 Å². The first kappa shape index (κ1) is 36.9. The van der Waals surface area contributed by atoms with E-state index in [1.807, 2.05) is 0 Å². The van der Waals surface area contributed by atoms with Gasteiger partial charge < -0.3 is 4.13 Å². The van der Waals surface area contributed by atoms with Gasteiger partial charge in [0.15, 0.2) is 20.0 Å². The van der Waals surface area contributed by atoms with Gasteiger partial charge in [-0.3, -0.25) is 0 Å². The second kappa shape index (κ2) is 13.3. The maximum absolute atomic E-state index is 12.3. The molecule has 0 radical (unpaired) electrons. The molecular formula is C28H20F10NO4PS2. The Bertz CT molecular complexity index is 1590. The van der Waals surface area contributed by atoms with E-state index in [-0.39, 0.29) is 0 Å². The van der Waals surface area contributed by atoms with Crippen LogP contribution in [-0.2, 0) is 20.0 Å². The molecule has 0 saturated carbocycles. The molecule has 0 N–H and O–H groups in total. The lowest BCUT2D eigenvalue weighted by Crippen LogP contribution is -2.48. The molecule has 4 aromatic carbocycles. The highest BCUT2D eigenvalue weighted by molar-refractivity contribution is 8.13. The van der Waals surface area contributed by atoms with Crippen LogP contribution in [0.3, 0.4) is 0 Å². The SMILES string of the molecule is O=S(=O)([N-]S(=O)(=O)C(F)(F)C(F)(F)F)C(F)(F)C(F)(F)F.c1ccc([P+](c2ccccc2)(c2ccccc2)c2ccccc2)cc1. The maximum atomic E-state index is 12.3. The van der Waals surface area contributed by atoms with E-state index in [9.17, 15) is 60.7 Å². The zero-order valence-electron chi connectivity index (χ0n) is 22.7. The molecule has 0 bridgehead atoms. The predicted octanol–water partition coefficient (Wildman–Crippen LogP) is 6.64. The van der Waals surface area contributed by atoms with Gasteiger partial charge in [0.1, 0.15) is 28.5 Å². The lowest BCUT2D eigenvalue weighted by Gasteiger charge is -2.31. The fourth-order valence-corrected chi connectivity index (χ4v) is 10.6. The standard InChI is InChI=1S/C24H20P.C4F10NO4S2/c1-5-13-21(14-6-1)25(22-15-7-2-8-16-22,23-17-9-3-10-18-23)24-19-11-4-12-20-24;5-1(6,7)3(11,12)20(16,17)15-21(18,19)4(13,14)2(8,9)10/h1-20H;/q+1;-1. The zero-order chi connectivity index (χ0) is 34.7. The molecule has 0 aliphatic heterocycles. The lowest BCUT2D eigenvalue weighted by atomic mass is 10.3. The van der Waals surface area contributed by atoms with Crippen molar-refractivity contribution in [2.24, 2.45) is 0 Å². The van der Waals surface area contributed by atoms with Gasteiger partial charge >= 0.3 is 22.9 Å². The quantitative estimate of drug-likeness (QED) is 0.151. The summed E-state index contributed by atoms with van der Waals surface area (Å²) in [5.41, 5.74) is 0. The van der Waals surface area contributed by atoms with Crippen molar-refractivity contribution in [1.82, 2.24) is 0 Å². The highest BCUT2D eigenvalue weighted by Gasteiger charge is 2.68. The Morgan fingerprint density at radius 2 is 0.587 bits per heavy atom. The first-order chi connectivity index (χ1) is 21.1. The van der Waals surface area contributed by atoms with Gasteiger partial charge in [-0.15, -0.1) is 0 Å². The second-order valence-corrected chi connectivity index (χ2v) is 16.0. The molecule has 5 nitrogen and oxygen atoms in total. The fourth-order valence-electron chi connectivity index (χ4n) is 4.02. The molecule has 0 atom stereocenters. The molecule has 0 spiro atoms. The molecule has 0 unspecified atom stereocenters. The molecule has 0 aliphatic carbocycles. The maximum Gasteiger partial charge on any atom is 0.467 e. The molecule has 248 valence electrons. The normalized spacial score (nSPS) is 13.4. The fraction of sp³-hybridized carbons (Fsp3) is 0.143. The van der Waals surface area contributed by atoms with E-state index in [1.54, 1.807) is 0 Å². The van der Waals surface area contributed by atoms with Gasteiger partial charge in [-0.05, 0) is 48.5 Å². The topological polar surface area (TPSA) is 82.4 Å². The summed E-state index contributed by atoms with van der Waals surface area (Å²) in [6.45, 7) is 0. The van der Waals surface area contributed by atoms with E-state index >= 15 is 0 Å². The van der Waals surface area contributed by atoms with Gasteiger partial charge in [0, 0.05) is 0 Å². The van der Waals surface area contributed by atoms with Crippen LogP contribution in [0.2, 0.25) is 0 Å². The Balaban J connectivity index is 0.000000256. The Kier molecular flexibility index (Phi) is 10.7. The van der Waals surface area contributed by atoms with Gasteiger partial charge in [-0.2, -0.15) is 43.9 Å². The molecule has 0 fully saturated rings. The number of alkyl halides is 10. The summed E-state index contributed by atoms with van der Waals surface area (Å²) >= 11 is 0. The predicted molar refractivity (Wildman–Crippen MR) is 154 cm³/mol. The minimum absolute atomic E-state index is 0.422. The molecule has 18 heteroatoms. The van der Waals surface area contributed by atoms with E-state index in [1.165, 1.54) is 21.2 Å². The monoisotopic (exact) mass is 719 g/mol. The van der Waals surface area contributed by atoms with Gasteiger partial charge in [0.05, 0.1) is 0 Å². The van der Waals surface area contributed by atoms with Crippen molar-refractivity contribution in [1.29, 1.82) is 0 Å². The van der Waals surface area contributed by atoms with E-state index in [0.717, 1.165) is 0 Å². The minimum Gasteiger partial charge on any atom is -0.425 e.